The van der Waals surface area contributed by atoms with Crippen LogP contribution in [0.3, 0.4) is 0 Å². The topological polar surface area (TPSA) is 110 Å². The number of aromatic nitrogens is 2. The molecule has 1 aromatic carbocycles. The summed E-state index contributed by atoms with van der Waals surface area (Å²) in [7, 11) is 0. The van der Waals surface area contributed by atoms with Crippen molar-refractivity contribution in [2.75, 3.05) is 11.9 Å². The molecule has 9 heteroatoms. The van der Waals surface area contributed by atoms with Crippen LogP contribution in [0, 0.1) is 0 Å². The van der Waals surface area contributed by atoms with Crippen molar-refractivity contribution in [3.05, 3.63) is 59.9 Å². The Kier molecular flexibility index (Phi) is 6.97. The molecular formula is C21H21N3O5S. The number of benzene rings is 1. The Balaban J connectivity index is 1.73. The van der Waals surface area contributed by atoms with Gasteiger partial charge >= 0.3 is 11.9 Å². The van der Waals surface area contributed by atoms with E-state index < -0.39 is 23.9 Å². The molecule has 0 radical (unpaired) electrons. The zero-order valence-electron chi connectivity index (χ0n) is 16.5. The van der Waals surface area contributed by atoms with Gasteiger partial charge in [0, 0.05) is 16.8 Å². The van der Waals surface area contributed by atoms with Gasteiger partial charge in [0.15, 0.2) is 6.10 Å². The van der Waals surface area contributed by atoms with E-state index >= 15 is 0 Å². The predicted octanol–water partition coefficient (Wildman–Crippen LogP) is 3.43. The number of rotatable bonds is 8. The molecule has 2 heterocycles. The van der Waals surface area contributed by atoms with Crippen LogP contribution in [-0.2, 0) is 25.5 Å². The fourth-order valence-electron chi connectivity index (χ4n) is 2.63. The lowest BCUT2D eigenvalue weighted by atomic mass is 10.1. The van der Waals surface area contributed by atoms with Crippen molar-refractivity contribution in [3.63, 3.8) is 0 Å². The summed E-state index contributed by atoms with van der Waals surface area (Å²) in [4.78, 5) is 37.7. The van der Waals surface area contributed by atoms with Crippen LogP contribution in [0.2, 0.25) is 0 Å². The summed E-state index contributed by atoms with van der Waals surface area (Å²) in [5.41, 5.74) is 1.75. The van der Waals surface area contributed by atoms with E-state index in [-0.39, 0.29) is 18.6 Å². The Bertz CT molecular complexity index is 1010. The zero-order valence-corrected chi connectivity index (χ0v) is 17.3. The summed E-state index contributed by atoms with van der Waals surface area (Å²) >= 11 is 1.25. The SMILES string of the molecule is CCOC(=O)c1cc(-c2ccccc2)sc1NC(=O)[C@@H](C)OC(=O)Cc1ccn[nH]1. The highest BCUT2D eigenvalue weighted by atomic mass is 32.1. The maximum absolute atomic E-state index is 12.6. The molecule has 0 spiro atoms. The monoisotopic (exact) mass is 427 g/mol. The molecule has 0 saturated heterocycles. The largest absolute Gasteiger partial charge is 0.462 e. The first-order valence-corrected chi connectivity index (χ1v) is 10.1. The lowest BCUT2D eigenvalue weighted by Gasteiger charge is -2.13. The molecule has 2 N–H and O–H groups in total. The van der Waals surface area contributed by atoms with Crippen LogP contribution in [0.25, 0.3) is 10.4 Å². The Morgan fingerprint density at radius 2 is 1.97 bits per heavy atom. The maximum Gasteiger partial charge on any atom is 0.341 e. The smallest absolute Gasteiger partial charge is 0.341 e. The number of thiophene rings is 1. The summed E-state index contributed by atoms with van der Waals surface area (Å²) in [6.07, 6.45) is 0.456. The van der Waals surface area contributed by atoms with Gasteiger partial charge in [0.05, 0.1) is 18.6 Å². The van der Waals surface area contributed by atoms with Crippen LogP contribution in [0.15, 0.2) is 48.7 Å². The number of carbonyl (C=O) groups is 3. The number of nitrogens with one attached hydrogen (secondary N) is 2. The summed E-state index contributed by atoms with van der Waals surface area (Å²) in [5, 5.41) is 9.45. The van der Waals surface area contributed by atoms with Gasteiger partial charge in [0.2, 0.25) is 0 Å². The quantitative estimate of drug-likeness (QED) is 0.533. The predicted molar refractivity (Wildman–Crippen MR) is 112 cm³/mol. The van der Waals surface area contributed by atoms with Gasteiger partial charge in [-0.15, -0.1) is 11.3 Å². The lowest BCUT2D eigenvalue weighted by Crippen LogP contribution is -2.30. The number of carbonyl (C=O) groups excluding carboxylic acids is 3. The average molecular weight is 427 g/mol. The standard InChI is InChI=1S/C21H21N3O5S/c1-3-28-21(27)16-12-17(14-7-5-4-6-8-14)30-20(16)23-19(26)13(2)29-18(25)11-15-9-10-22-24-15/h4-10,12-13H,3,11H2,1-2H3,(H,22,24)(H,23,26)/t13-/m1/s1. The van der Waals surface area contributed by atoms with Gasteiger partial charge in [-0.05, 0) is 31.5 Å². The van der Waals surface area contributed by atoms with Crippen LogP contribution in [0.1, 0.15) is 29.9 Å². The first-order chi connectivity index (χ1) is 14.5. The number of H-pyrrole nitrogens is 1. The Morgan fingerprint density at radius 3 is 2.63 bits per heavy atom. The fraction of sp³-hybridized carbons (Fsp3) is 0.238. The van der Waals surface area contributed by atoms with Crippen molar-refractivity contribution < 1.29 is 23.9 Å². The first-order valence-electron chi connectivity index (χ1n) is 9.33. The normalized spacial score (nSPS) is 11.5. The molecule has 0 aliphatic carbocycles. The molecule has 0 saturated carbocycles. The maximum atomic E-state index is 12.6. The van der Waals surface area contributed by atoms with Crippen molar-refractivity contribution in [1.82, 2.24) is 10.2 Å². The Labute approximate surface area is 177 Å². The molecule has 0 aliphatic rings. The van der Waals surface area contributed by atoms with E-state index in [1.165, 1.54) is 24.5 Å². The number of esters is 2. The highest BCUT2D eigenvalue weighted by molar-refractivity contribution is 7.20. The van der Waals surface area contributed by atoms with Crippen molar-refractivity contribution >= 4 is 34.2 Å². The summed E-state index contributed by atoms with van der Waals surface area (Å²) in [6.45, 7) is 3.39. The fourth-order valence-corrected chi connectivity index (χ4v) is 3.69. The number of amides is 1. The third kappa shape index (κ3) is 5.32. The number of hydrogen-bond acceptors (Lipinski definition) is 7. The van der Waals surface area contributed by atoms with Gasteiger partial charge in [0.1, 0.15) is 5.00 Å². The second-order valence-corrected chi connectivity index (χ2v) is 7.37. The Hall–Kier alpha value is -3.46. The molecule has 0 unspecified atom stereocenters. The molecule has 0 aliphatic heterocycles. The minimum Gasteiger partial charge on any atom is -0.462 e. The van der Waals surface area contributed by atoms with Crippen LogP contribution < -0.4 is 5.32 Å². The highest BCUT2D eigenvalue weighted by Gasteiger charge is 2.24. The second kappa shape index (κ2) is 9.84. The van der Waals surface area contributed by atoms with Gasteiger partial charge in [-0.25, -0.2) is 4.79 Å². The molecular weight excluding hydrogens is 406 g/mol. The minimum atomic E-state index is -1.04. The number of nitrogens with zero attached hydrogens (tertiary/aromatic N) is 1. The van der Waals surface area contributed by atoms with E-state index in [2.05, 4.69) is 15.5 Å². The number of aromatic amines is 1. The first kappa shape index (κ1) is 21.3. The van der Waals surface area contributed by atoms with Gasteiger partial charge in [-0.1, -0.05) is 30.3 Å². The molecule has 8 nitrogen and oxygen atoms in total. The number of ether oxygens (including phenoxy) is 2. The molecule has 0 fully saturated rings. The third-order valence-corrected chi connectivity index (χ3v) is 5.19. The molecule has 3 aromatic rings. The van der Waals surface area contributed by atoms with Gasteiger partial charge < -0.3 is 14.8 Å². The zero-order chi connectivity index (χ0) is 21.5. The van der Waals surface area contributed by atoms with Crippen molar-refractivity contribution in [1.29, 1.82) is 0 Å². The van der Waals surface area contributed by atoms with E-state index in [0.29, 0.717) is 10.7 Å². The van der Waals surface area contributed by atoms with Crippen LogP contribution in [0.4, 0.5) is 5.00 Å². The van der Waals surface area contributed by atoms with E-state index in [9.17, 15) is 14.4 Å². The Morgan fingerprint density at radius 1 is 1.20 bits per heavy atom. The third-order valence-electron chi connectivity index (χ3n) is 4.09. The van der Waals surface area contributed by atoms with E-state index in [1.807, 2.05) is 30.3 Å². The molecule has 156 valence electrons. The molecule has 1 atom stereocenters. The van der Waals surface area contributed by atoms with Crippen molar-refractivity contribution in [2.45, 2.75) is 26.4 Å². The van der Waals surface area contributed by atoms with Crippen LogP contribution >= 0.6 is 11.3 Å². The number of anilines is 1. The van der Waals surface area contributed by atoms with Crippen LogP contribution in [-0.4, -0.2) is 40.8 Å². The van der Waals surface area contributed by atoms with Gasteiger partial charge in [-0.3, -0.25) is 14.7 Å². The van der Waals surface area contributed by atoms with E-state index in [4.69, 9.17) is 9.47 Å². The molecule has 3 rings (SSSR count). The van der Waals surface area contributed by atoms with Crippen molar-refractivity contribution in [3.8, 4) is 10.4 Å². The molecule has 30 heavy (non-hydrogen) atoms. The lowest BCUT2D eigenvalue weighted by molar-refractivity contribution is -0.152. The summed E-state index contributed by atoms with van der Waals surface area (Å²) < 4.78 is 10.3. The summed E-state index contributed by atoms with van der Waals surface area (Å²) in [5.74, 6) is -1.64. The average Bonchev–Trinajstić information content (AvgIpc) is 3.38. The van der Waals surface area contributed by atoms with Crippen LogP contribution in [0.5, 0.6) is 0 Å². The van der Waals surface area contributed by atoms with E-state index in [0.717, 1.165) is 10.4 Å². The minimum absolute atomic E-state index is 0.0249. The number of hydrogen-bond donors (Lipinski definition) is 2. The highest BCUT2D eigenvalue weighted by Crippen LogP contribution is 2.36. The van der Waals surface area contributed by atoms with Gasteiger partial charge in [-0.2, -0.15) is 5.10 Å². The van der Waals surface area contributed by atoms with Gasteiger partial charge in [0.25, 0.3) is 5.91 Å². The molecule has 1 amide bonds. The van der Waals surface area contributed by atoms with Crippen molar-refractivity contribution in [2.24, 2.45) is 0 Å². The van der Waals surface area contributed by atoms with E-state index in [1.54, 1.807) is 19.1 Å². The molecule has 2 aromatic heterocycles. The second-order valence-electron chi connectivity index (χ2n) is 6.32. The summed E-state index contributed by atoms with van der Waals surface area (Å²) in [6, 6.07) is 12.8. The molecule has 0 bridgehead atoms.